The maximum absolute atomic E-state index is 12.2. The van der Waals surface area contributed by atoms with Crippen LogP contribution in [0, 0.1) is 0 Å². The summed E-state index contributed by atoms with van der Waals surface area (Å²) in [5, 5.41) is 2.99. The molecule has 0 fully saturated rings. The summed E-state index contributed by atoms with van der Waals surface area (Å²) in [5.74, 6) is -0.00114. The van der Waals surface area contributed by atoms with Gasteiger partial charge in [-0.3, -0.25) is 4.79 Å². The van der Waals surface area contributed by atoms with Gasteiger partial charge in [0.05, 0.1) is 5.92 Å². The van der Waals surface area contributed by atoms with Crippen molar-refractivity contribution in [2.75, 3.05) is 6.54 Å². The zero-order chi connectivity index (χ0) is 14.2. The van der Waals surface area contributed by atoms with Crippen molar-refractivity contribution in [2.45, 2.75) is 25.7 Å². The van der Waals surface area contributed by atoms with Crippen molar-refractivity contribution < 1.29 is 4.79 Å². The van der Waals surface area contributed by atoms with Gasteiger partial charge in [-0.2, -0.15) is 0 Å². The smallest absolute Gasteiger partial charge is 0.227 e. The first kappa shape index (κ1) is 14.2. The van der Waals surface area contributed by atoms with Crippen molar-refractivity contribution in [3.8, 4) is 0 Å². The molecule has 1 heterocycles. The van der Waals surface area contributed by atoms with Gasteiger partial charge in [-0.05, 0) is 24.0 Å². The number of nitrogens with one attached hydrogen (secondary N) is 1. The molecule has 0 aliphatic carbocycles. The van der Waals surface area contributed by atoms with Crippen LogP contribution in [0.4, 0.5) is 0 Å². The lowest BCUT2D eigenvalue weighted by molar-refractivity contribution is -0.122. The van der Waals surface area contributed by atoms with Gasteiger partial charge in [-0.25, -0.2) is 9.97 Å². The first-order valence-corrected chi connectivity index (χ1v) is 6.87. The Morgan fingerprint density at radius 1 is 1.20 bits per heavy atom. The lowest BCUT2D eigenvalue weighted by Crippen LogP contribution is -2.30. The molecule has 0 aliphatic heterocycles. The van der Waals surface area contributed by atoms with Crippen LogP contribution in [0.1, 0.15) is 30.4 Å². The number of aromatic nitrogens is 2. The van der Waals surface area contributed by atoms with Gasteiger partial charge in [0.25, 0.3) is 0 Å². The van der Waals surface area contributed by atoms with Crippen LogP contribution in [0.5, 0.6) is 0 Å². The molecule has 4 nitrogen and oxygen atoms in total. The van der Waals surface area contributed by atoms with Crippen molar-refractivity contribution in [1.82, 2.24) is 15.3 Å². The SMILES string of the molecule is CCC(C(=O)NCCc1cncnc1)c1ccccc1. The molecule has 0 spiro atoms. The second-order valence-electron chi connectivity index (χ2n) is 4.66. The van der Waals surface area contributed by atoms with E-state index >= 15 is 0 Å². The molecule has 4 heteroatoms. The Kier molecular flexibility index (Phi) is 5.24. The van der Waals surface area contributed by atoms with Gasteiger partial charge < -0.3 is 5.32 Å². The van der Waals surface area contributed by atoms with Crippen LogP contribution >= 0.6 is 0 Å². The minimum Gasteiger partial charge on any atom is -0.355 e. The highest BCUT2D eigenvalue weighted by Gasteiger charge is 2.17. The van der Waals surface area contributed by atoms with Crippen LogP contribution in [-0.4, -0.2) is 22.4 Å². The largest absolute Gasteiger partial charge is 0.355 e. The van der Waals surface area contributed by atoms with E-state index in [-0.39, 0.29) is 11.8 Å². The molecule has 1 atom stereocenters. The third-order valence-corrected chi connectivity index (χ3v) is 3.25. The summed E-state index contributed by atoms with van der Waals surface area (Å²) in [5.41, 5.74) is 2.09. The molecule has 0 saturated carbocycles. The van der Waals surface area contributed by atoms with Crippen LogP contribution in [0.2, 0.25) is 0 Å². The van der Waals surface area contributed by atoms with Crippen LogP contribution in [0.3, 0.4) is 0 Å². The Hall–Kier alpha value is -2.23. The Morgan fingerprint density at radius 3 is 2.55 bits per heavy atom. The standard InChI is InChI=1S/C16H19N3O/c1-2-15(14-6-4-3-5-7-14)16(20)19-9-8-13-10-17-12-18-11-13/h3-7,10-12,15H,2,8-9H2,1H3,(H,19,20). The predicted octanol–water partition coefficient (Wildman–Crippen LogP) is 2.33. The highest BCUT2D eigenvalue weighted by atomic mass is 16.1. The third-order valence-electron chi connectivity index (χ3n) is 3.25. The van der Waals surface area contributed by atoms with Crippen molar-refractivity contribution in [3.05, 3.63) is 60.2 Å². The topological polar surface area (TPSA) is 54.9 Å². The summed E-state index contributed by atoms with van der Waals surface area (Å²) in [6.45, 7) is 2.64. The molecular formula is C16H19N3O. The number of nitrogens with zero attached hydrogens (tertiary/aromatic N) is 2. The summed E-state index contributed by atoms with van der Waals surface area (Å²) in [6, 6.07) is 9.89. The van der Waals surface area contributed by atoms with E-state index in [1.807, 2.05) is 37.3 Å². The van der Waals surface area contributed by atoms with Gasteiger partial charge in [0, 0.05) is 18.9 Å². The van der Waals surface area contributed by atoms with E-state index in [1.54, 1.807) is 12.4 Å². The number of hydrogen-bond acceptors (Lipinski definition) is 3. The zero-order valence-electron chi connectivity index (χ0n) is 11.6. The van der Waals surface area contributed by atoms with Gasteiger partial charge in [-0.15, -0.1) is 0 Å². The molecule has 2 rings (SSSR count). The van der Waals surface area contributed by atoms with Crippen LogP contribution < -0.4 is 5.32 Å². The zero-order valence-corrected chi connectivity index (χ0v) is 11.6. The number of carbonyl (C=O) groups is 1. The maximum Gasteiger partial charge on any atom is 0.227 e. The molecule has 1 unspecified atom stereocenters. The molecule has 1 aromatic carbocycles. The molecule has 0 saturated heterocycles. The van der Waals surface area contributed by atoms with Gasteiger partial charge in [0.15, 0.2) is 0 Å². The van der Waals surface area contributed by atoms with Crippen LogP contribution in [0.15, 0.2) is 49.1 Å². The van der Waals surface area contributed by atoms with Gasteiger partial charge in [0.1, 0.15) is 6.33 Å². The normalized spacial score (nSPS) is 11.8. The maximum atomic E-state index is 12.2. The van der Waals surface area contributed by atoms with Crippen molar-refractivity contribution in [3.63, 3.8) is 0 Å². The summed E-state index contributed by atoms with van der Waals surface area (Å²) in [4.78, 5) is 20.1. The van der Waals surface area contributed by atoms with Crippen LogP contribution in [-0.2, 0) is 11.2 Å². The number of carbonyl (C=O) groups excluding carboxylic acids is 1. The number of hydrogen-bond donors (Lipinski definition) is 1. The fourth-order valence-electron chi connectivity index (χ4n) is 2.17. The van der Waals surface area contributed by atoms with E-state index in [1.165, 1.54) is 6.33 Å². The van der Waals surface area contributed by atoms with Gasteiger partial charge in [-0.1, -0.05) is 37.3 Å². The summed E-state index contributed by atoms with van der Waals surface area (Å²) in [6.07, 6.45) is 6.59. The second kappa shape index (κ2) is 7.38. The third kappa shape index (κ3) is 3.88. The molecule has 1 amide bonds. The molecular weight excluding hydrogens is 250 g/mol. The Labute approximate surface area is 119 Å². The molecule has 20 heavy (non-hydrogen) atoms. The molecule has 0 aliphatic rings. The first-order valence-electron chi connectivity index (χ1n) is 6.87. The second-order valence-corrected chi connectivity index (χ2v) is 4.66. The lowest BCUT2D eigenvalue weighted by Gasteiger charge is -2.15. The Bertz CT molecular complexity index is 528. The summed E-state index contributed by atoms with van der Waals surface area (Å²) < 4.78 is 0. The highest BCUT2D eigenvalue weighted by molar-refractivity contribution is 5.83. The van der Waals surface area contributed by atoms with Gasteiger partial charge in [0.2, 0.25) is 5.91 Å². The van der Waals surface area contributed by atoms with E-state index in [0.717, 1.165) is 24.0 Å². The van der Waals surface area contributed by atoms with Gasteiger partial charge >= 0.3 is 0 Å². The van der Waals surface area contributed by atoms with E-state index in [4.69, 9.17) is 0 Å². The van der Waals surface area contributed by atoms with E-state index in [9.17, 15) is 4.79 Å². The quantitative estimate of drug-likeness (QED) is 0.875. The lowest BCUT2D eigenvalue weighted by atomic mass is 9.95. The first-order chi connectivity index (χ1) is 9.81. The minimum absolute atomic E-state index is 0.0792. The summed E-state index contributed by atoms with van der Waals surface area (Å²) >= 11 is 0. The molecule has 1 aromatic heterocycles. The average molecular weight is 269 g/mol. The minimum atomic E-state index is -0.0803. The predicted molar refractivity (Wildman–Crippen MR) is 78.2 cm³/mol. The number of rotatable bonds is 6. The molecule has 0 radical (unpaired) electrons. The van der Waals surface area contributed by atoms with E-state index in [2.05, 4.69) is 15.3 Å². The fraction of sp³-hybridized carbons (Fsp3) is 0.312. The molecule has 2 aromatic rings. The number of benzene rings is 1. The monoisotopic (exact) mass is 269 g/mol. The van der Waals surface area contributed by atoms with Crippen molar-refractivity contribution >= 4 is 5.91 Å². The summed E-state index contributed by atoms with van der Waals surface area (Å²) in [7, 11) is 0. The van der Waals surface area contributed by atoms with Crippen molar-refractivity contribution in [1.29, 1.82) is 0 Å². The highest BCUT2D eigenvalue weighted by Crippen LogP contribution is 2.19. The van der Waals surface area contributed by atoms with Crippen LogP contribution in [0.25, 0.3) is 0 Å². The molecule has 0 bridgehead atoms. The van der Waals surface area contributed by atoms with Crippen molar-refractivity contribution in [2.24, 2.45) is 0 Å². The molecule has 104 valence electrons. The van der Waals surface area contributed by atoms with E-state index < -0.39 is 0 Å². The molecule has 1 N–H and O–H groups in total. The van der Waals surface area contributed by atoms with E-state index in [0.29, 0.717) is 6.54 Å². The average Bonchev–Trinajstić information content (AvgIpc) is 2.50. The fourth-order valence-corrected chi connectivity index (χ4v) is 2.17. The Morgan fingerprint density at radius 2 is 1.90 bits per heavy atom. The number of amides is 1. The Balaban J connectivity index is 1.87.